The van der Waals surface area contributed by atoms with E-state index in [2.05, 4.69) is 31.1 Å². The number of hydrogen-bond donors (Lipinski definition) is 1. The minimum atomic E-state index is -0.302. The molecule has 0 unspecified atom stereocenters. The Hall–Kier alpha value is -1.79. The van der Waals surface area contributed by atoms with Crippen molar-refractivity contribution in [2.75, 3.05) is 26.2 Å². The molecule has 0 radical (unpaired) electrons. The van der Waals surface area contributed by atoms with Crippen molar-refractivity contribution in [3.8, 4) is 10.6 Å². The van der Waals surface area contributed by atoms with Crippen molar-refractivity contribution < 1.29 is 9.18 Å². The first-order valence-electron chi connectivity index (χ1n) is 10.8. The molecule has 0 aliphatic rings. The highest BCUT2D eigenvalue weighted by Gasteiger charge is 2.17. The summed E-state index contributed by atoms with van der Waals surface area (Å²) >= 11 is 1.31. The lowest BCUT2D eigenvalue weighted by Gasteiger charge is -2.19. The van der Waals surface area contributed by atoms with Gasteiger partial charge >= 0.3 is 0 Å². The maximum Gasteiger partial charge on any atom is 0.265 e. The SMILES string of the molecule is CC.CCCC.CCNCCCN(CC)C(=O)c1cnc(-c2cccc(F)c2)s1. The quantitative estimate of drug-likeness (QED) is 0.485. The molecule has 0 saturated heterocycles. The van der Waals surface area contributed by atoms with Gasteiger partial charge in [0.05, 0.1) is 6.20 Å². The van der Waals surface area contributed by atoms with E-state index < -0.39 is 0 Å². The van der Waals surface area contributed by atoms with Crippen molar-refractivity contribution in [2.45, 2.75) is 60.8 Å². The van der Waals surface area contributed by atoms with Crippen LogP contribution in [0.2, 0.25) is 0 Å². The fourth-order valence-corrected chi connectivity index (χ4v) is 3.14. The van der Waals surface area contributed by atoms with Crippen LogP contribution in [0.5, 0.6) is 0 Å². The van der Waals surface area contributed by atoms with Crippen LogP contribution in [0.1, 0.15) is 70.5 Å². The summed E-state index contributed by atoms with van der Waals surface area (Å²) in [5.74, 6) is -0.312. The molecule has 0 saturated carbocycles. The number of thiazole rings is 1. The Balaban J connectivity index is 0.00000116. The molecule has 4 nitrogen and oxygen atoms in total. The van der Waals surface area contributed by atoms with Gasteiger partial charge in [0.2, 0.25) is 0 Å². The van der Waals surface area contributed by atoms with E-state index in [0.717, 1.165) is 26.1 Å². The number of nitrogens with one attached hydrogen (secondary N) is 1. The van der Waals surface area contributed by atoms with Crippen molar-refractivity contribution >= 4 is 17.2 Å². The maximum atomic E-state index is 13.3. The number of rotatable bonds is 9. The molecule has 1 aromatic carbocycles. The molecule has 2 rings (SSSR count). The van der Waals surface area contributed by atoms with E-state index in [1.165, 1.54) is 36.3 Å². The summed E-state index contributed by atoms with van der Waals surface area (Å²) in [6.45, 7) is 15.6. The number of nitrogens with zero attached hydrogens (tertiary/aromatic N) is 2. The first-order valence-corrected chi connectivity index (χ1v) is 11.6. The van der Waals surface area contributed by atoms with Gasteiger partial charge in [0.15, 0.2) is 0 Å². The highest BCUT2D eigenvalue weighted by molar-refractivity contribution is 7.16. The van der Waals surface area contributed by atoms with Gasteiger partial charge in [-0.15, -0.1) is 11.3 Å². The first-order chi connectivity index (χ1) is 14.1. The second-order valence-electron chi connectivity index (χ2n) is 6.13. The molecule has 0 aliphatic heterocycles. The Morgan fingerprint density at radius 3 is 2.41 bits per heavy atom. The smallest absolute Gasteiger partial charge is 0.265 e. The van der Waals surface area contributed by atoms with Crippen LogP contribution < -0.4 is 5.32 Å². The first kappa shape index (κ1) is 27.2. The normalized spacial score (nSPS) is 9.76. The minimum Gasteiger partial charge on any atom is -0.338 e. The monoisotopic (exact) mass is 423 g/mol. The predicted molar refractivity (Wildman–Crippen MR) is 124 cm³/mol. The van der Waals surface area contributed by atoms with Crippen LogP contribution in [0.3, 0.4) is 0 Å². The van der Waals surface area contributed by atoms with Gasteiger partial charge < -0.3 is 10.2 Å². The molecule has 1 amide bonds. The third kappa shape index (κ3) is 10.5. The molecule has 164 valence electrons. The highest BCUT2D eigenvalue weighted by Crippen LogP contribution is 2.26. The minimum absolute atomic E-state index is 0.0100. The molecule has 1 aromatic heterocycles. The Kier molecular flexibility index (Phi) is 16.0. The molecule has 1 heterocycles. The third-order valence-electron chi connectivity index (χ3n) is 3.99. The van der Waals surface area contributed by atoms with E-state index >= 15 is 0 Å². The van der Waals surface area contributed by atoms with E-state index in [9.17, 15) is 9.18 Å². The number of carbonyl (C=O) groups excluding carboxylic acids is 1. The van der Waals surface area contributed by atoms with Gasteiger partial charge in [-0.05, 0) is 38.6 Å². The highest BCUT2D eigenvalue weighted by atomic mass is 32.1. The summed E-state index contributed by atoms with van der Waals surface area (Å²) in [7, 11) is 0. The Morgan fingerprint density at radius 2 is 1.86 bits per heavy atom. The van der Waals surface area contributed by atoms with Gasteiger partial charge in [-0.3, -0.25) is 4.79 Å². The standard InChI is InChI=1S/C17H22FN3OS.C4H10.C2H6/c1-3-19-9-6-10-21(4-2)17(22)15-12-20-16(23-15)13-7-5-8-14(18)11-13;1-3-4-2;1-2/h5,7-8,11-12,19H,3-4,6,9-10H2,1-2H3;3-4H2,1-2H3;1-2H3. The number of aromatic nitrogens is 1. The van der Waals surface area contributed by atoms with E-state index in [0.29, 0.717) is 22.0 Å². The van der Waals surface area contributed by atoms with E-state index in [1.54, 1.807) is 18.3 Å². The second kappa shape index (κ2) is 17.1. The van der Waals surface area contributed by atoms with Crippen LogP contribution in [0.25, 0.3) is 10.6 Å². The number of amides is 1. The zero-order valence-electron chi connectivity index (χ0n) is 18.9. The van der Waals surface area contributed by atoms with Crippen LogP contribution in [0.4, 0.5) is 4.39 Å². The summed E-state index contributed by atoms with van der Waals surface area (Å²) in [5.41, 5.74) is 0.698. The molecular formula is C23H38FN3OS. The zero-order valence-corrected chi connectivity index (χ0v) is 19.7. The van der Waals surface area contributed by atoms with Crippen molar-refractivity contribution in [3.05, 3.63) is 41.2 Å². The van der Waals surface area contributed by atoms with Crippen molar-refractivity contribution in [1.29, 1.82) is 0 Å². The Bertz CT molecular complexity index is 674. The number of hydrogen-bond acceptors (Lipinski definition) is 4. The topological polar surface area (TPSA) is 45.2 Å². The number of carbonyl (C=O) groups is 1. The van der Waals surface area contributed by atoms with Crippen molar-refractivity contribution in [2.24, 2.45) is 0 Å². The summed E-state index contributed by atoms with van der Waals surface area (Å²) in [6.07, 6.45) is 5.14. The van der Waals surface area contributed by atoms with Crippen LogP contribution in [-0.2, 0) is 0 Å². The second-order valence-corrected chi connectivity index (χ2v) is 7.16. The van der Waals surface area contributed by atoms with E-state index in [1.807, 2.05) is 25.7 Å². The fraction of sp³-hybridized carbons (Fsp3) is 0.565. The molecule has 29 heavy (non-hydrogen) atoms. The van der Waals surface area contributed by atoms with Gasteiger partial charge in [0.25, 0.3) is 5.91 Å². The summed E-state index contributed by atoms with van der Waals surface area (Å²) in [4.78, 5) is 19.2. The molecule has 0 spiro atoms. The fourth-order valence-electron chi connectivity index (χ4n) is 2.26. The summed E-state index contributed by atoms with van der Waals surface area (Å²) in [6, 6.07) is 6.27. The molecule has 0 aliphatic carbocycles. The van der Waals surface area contributed by atoms with E-state index in [-0.39, 0.29) is 11.7 Å². The lowest BCUT2D eigenvalue weighted by atomic mass is 10.2. The maximum absolute atomic E-state index is 13.3. The molecule has 2 aromatic rings. The summed E-state index contributed by atoms with van der Waals surface area (Å²) in [5, 5.41) is 3.92. The molecule has 6 heteroatoms. The van der Waals surface area contributed by atoms with Crippen LogP contribution in [0.15, 0.2) is 30.5 Å². The van der Waals surface area contributed by atoms with Crippen LogP contribution in [0, 0.1) is 5.82 Å². The largest absolute Gasteiger partial charge is 0.338 e. The van der Waals surface area contributed by atoms with Crippen LogP contribution in [-0.4, -0.2) is 42.0 Å². The van der Waals surface area contributed by atoms with Gasteiger partial charge in [-0.2, -0.15) is 0 Å². The van der Waals surface area contributed by atoms with Crippen LogP contribution >= 0.6 is 11.3 Å². The van der Waals surface area contributed by atoms with Crippen molar-refractivity contribution in [3.63, 3.8) is 0 Å². The zero-order chi connectivity index (χ0) is 22.1. The lowest BCUT2D eigenvalue weighted by molar-refractivity contribution is 0.0767. The lowest BCUT2D eigenvalue weighted by Crippen LogP contribution is -2.32. The molecule has 0 bridgehead atoms. The molecular weight excluding hydrogens is 385 g/mol. The predicted octanol–water partition coefficient (Wildman–Crippen LogP) is 6.24. The third-order valence-corrected chi connectivity index (χ3v) is 5.02. The van der Waals surface area contributed by atoms with Crippen molar-refractivity contribution in [1.82, 2.24) is 15.2 Å². The summed E-state index contributed by atoms with van der Waals surface area (Å²) < 4.78 is 13.3. The number of unbranched alkanes of at least 4 members (excludes halogenated alkanes) is 1. The van der Waals surface area contributed by atoms with Gasteiger partial charge in [-0.1, -0.05) is 59.6 Å². The van der Waals surface area contributed by atoms with Gasteiger partial charge in [0, 0.05) is 18.7 Å². The Labute approximate surface area is 180 Å². The molecule has 1 N–H and O–H groups in total. The molecule has 0 atom stereocenters. The van der Waals surface area contributed by atoms with E-state index in [4.69, 9.17) is 0 Å². The average Bonchev–Trinajstić information content (AvgIpc) is 3.25. The number of benzene rings is 1. The average molecular weight is 424 g/mol. The van der Waals surface area contributed by atoms with Gasteiger partial charge in [0.1, 0.15) is 15.7 Å². The van der Waals surface area contributed by atoms with Gasteiger partial charge in [-0.25, -0.2) is 9.37 Å². The molecule has 0 fully saturated rings. The Morgan fingerprint density at radius 1 is 1.17 bits per heavy atom. The number of halogens is 1.